The van der Waals surface area contributed by atoms with Crippen LogP contribution in [0.5, 0.6) is 0 Å². The summed E-state index contributed by atoms with van der Waals surface area (Å²) in [7, 11) is 0. The van der Waals surface area contributed by atoms with Gasteiger partial charge in [0, 0.05) is 6.42 Å². The second-order valence-corrected chi connectivity index (χ2v) is 7.12. The first-order chi connectivity index (χ1) is 12.8. The molecule has 4 aromatic carbocycles. The molecular weight excluding hydrogens is 312 g/mol. The number of allylic oxidation sites excluding steroid dienone is 1. The molecule has 0 amide bonds. The monoisotopic (exact) mass is 333 g/mol. The molecule has 0 saturated heterocycles. The Labute approximate surface area is 154 Å². The van der Waals surface area contributed by atoms with Crippen molar-refractivity contribution in [3.63, 3.8) is 0 Å². The van der Waals surface area contributed by atoms with E-state index < -0.39 is 0 Å². The smallest absolute Gasteiger partial charge is 0.0164 e. The predicted octanol–water partition coefficient (Wildman–Crippen LogP) is 7.41. The van der Waals surface area contributed by atoms with E-state index in [4.69, 9.17) is 0 Å². The Hall–Kier alpha value is -2.86. The van der Waals surface area contributed by atoms with E-state index in [2.05, 4.69) is 92.2 Å². The maximum absolute atomic E-state index is 2.39. The van der Waals surface area contributed by atoms with E-state index in [1.807, 2.05) is 0 Å². The van der Waals surface area contributed by atoms with E-state index in [1.54, 1.807) is 0 Å². The zero-order valence-electron chi connectivity index (χ0n) is 15.0. The maximum atomic E-state index is 2.39. The normalized spacial score (nSPS) is 13.2. The molecule has 26 heavy (non-hydrogen) atoms. The quantitative estimate of drug-likeness (QED) is 0.342. The summed E-state index contributed by atoms with van der Waals surface area (Å²) in [6.45, 7) is 2.25. The van der Waals surface area contributed by atoms with Gasteiger partial charge < -0.3 is 0 Å². The summed E-state index contributed by atoms with van der Waals surface area (Å²) in [5, 5.41) is 5.27. The first kappa shape index (κ1) is 15.4. The Morgan fingerprint density at radius 2 is 1.42 bits per heavy atom. The Kier molecular flexibility index (Phi) is 3.64. The van der Waals surface area contributed by atoms with Crippen LogP contribution < -0.4 is 0 Å². The Bertz CT molecular complexity index is 1110. The van der Waals surface area contributed by atoms with Gasteiger partial charge in [-0.1, -0.05) is 91.7 Å². The van der Waals surface area contributed by atoms with Gasteiger partial charge in [-0.2, -0.15) is 0 Å². The van der Waals surface area contributed by atoms with Gasteiger partial charge in [0.25, 0.3) is 0 Å². The van der Waals surface area contributed by atoms with Crippen molar-refractivity contribution in [3.8, 4) is 11.1 Å². The van der Waals surface area contributed by atoms with Crippen LogP contribution in [0, 0.1) is 6.42 Å². The highest BCUT2D eigenvalue weighted by Crippen LogP contribution is 2.42. The lowest BCUT2D eigenvalue weighted by atomic mass is 9.89. The second kappa shape index (κ2) is 6.14. The molecule has 0 fully saturated rings. The molecule has 0 N–H and O–H groups in total. The van der Waals surface area contributed by atoms with Crippen molar-refractivity contribution < 1.29 is 0 Å². The summed E-state index contributed by atoms with van der Waals surface area (Å²) >= 11 is 0. The molecule has 5 rings (SSSR count). The standard InChI is InChI=1S/C26H21/c1-2-8-18-15-19-11-7-14-24(25(19)16-18)26-22-12-5-3-9-20(22)17-21-10-4-6-13-23(21)26/h3-7,9-17H,2,8H2,1H3. The van der Waals surface area contributed by atoms with Crippen LogP contribution >= 0.6 is 0 Å². The van der Waals surface area contributed by atoms with Crippen molar-refractivity contribution in [1.29, 1.82) is 0 Å². The van der Waals surface area contributed by atoms with Gasteiger partial charge in [0.1, 0.15) is 0 Å². The summed E-state index contributed by atoms with van der Waals surface area (Å²) in [5.41, 5.74) is 6.87. The molecule has 0 aromatic heterocycles. The van der Waals surface area contributed by atoms with Crippen molar-refractivity contribution in [2.45, 2.75) is 19.8 Å². The lowest BCUT2D eigenvalue weighted by Gasteiger charge is -2.15. The van der Waals surface area contributed by atoms with E-state index in [0.717, 1.165) is 6.42 Å². The van der Waals surface area contributed by atoms with Crippen LogP contribution in [0.1, 0.15) is 30.9 Å². The molecular formula is C26H21. The first-order valence-corrected chi connectivity index (χ1v) is 9.44. The molecule has 0 spiro atoms. The highest BCUT2D eigenvalue weighted by atomic mass is 14.2. The molecule has 0 unspecified atom stereocenters. The molecule has 0 atom stereocenters. The molecule has 0 nitrogen and oxygen atoms in total. The van der Waals surface area contributed by atoms with Crippen LogP contribution in [0.25, 0.3) is 38.7 Å². The summed E-state index contributed by atoms with van der Waals surface area (Å²) in [4.78, 5) is 0. The number of hydrogen-bond donors (Lipinski definition) is 0. The third kappa shape index (κ3) is 2.37. The molecule has 0 heteroatoms. The summed E-state index contributed by atoms with van der Waals surface area (Å²) < 4.78 is 0. The fourth-order valence-electron chi connectivity index (χ4n) is 4.25. The van der Waals surface area contributed by atoms with Crippen molar-refractivity contribution in [2.75, 3.05) is 0 Å². The molecule has 0 bridgehead atoms. The van der Waals surface area contributed by atoms with Gasteiger partial charge in [0.05, 0.1) is 0 Å². The highest BCUT2D eigenvalue weighted by molar-refractivity contribution is 6.14. The Balaban J connectivity index is 1.87. The SMILES string of the molecule is CCCC1=Cc2c(cccc2-c2c3ccccc3cc3ccccc23)[CH]1. The van der Waals surface area contributed by atoms with E-state index >= 15 is 0 Å². The molecule has 1 aliphatic carbocycles. The van der Waals surface area contributed by atoms with Crippen molar-refractivity contribution in [2.24, 2.45) is 0 Å². The maximum Gasteiger partial charge on any atom is 0.0164 e. The van der Waals surface area contributed by atoms with Crippen molar-refractivity contribution in [1.82, 2.24) is 0 Å². The molecule has 0 aliphatic heterocycles. The van der Waals surface area contributed by atoms with Gasteiger partial charge in [-0.05, 0) is 56.3 Å². The van der Waals surface area contributed by atoms with Crippen LogP contribution in [-0.4, -0.2) is 0 Å². The zero-order chi connectivity index (χ0) is 17.5. The van der Waals surface area contributed by atoms with Crippen molar-refractivity contribution >= 4 is 27.6 Å². The number of benzene rings is 4. The first-order valence-electron chi connectivity index (χ1n) is 9.44. The Morgan fingerprint density at radius 1 is 0.731 bits per heavy atom. The molecule has 125 valence electrons. The van der Waals surface area contributed by atoms with E-state index in [0.29, 0.717) is 0 Å². The largest absolute Gasteiger partial charge is 0.0651 e. The van der Waals surface area contributed by atoms with Gasteiger partial charge in [-0.15, -0.1) is 0 Å². The third-order valence-corrected chi connectivity index (χ3v) is 5.39. The van der Waals surface area contributed by atoms with Crippen LogP contribution in [0.15, 0.2) is 78.4 Å². The van der Waals surface area contributed by atoms with Gasteiger partial charge in [-0.25, -0.2) is 0 Å². The third-order valence-electron chi connectivity index (χ3n) is 5.39. The van der Waals surface area contributed by atoms with Gasteiger partial charge in [0.2, 0.25) is 0 Å². The van der Waals surface area contributed by atoms with Crippen LogP contribution in [-0.2, 0) is 0 Å². The summed E-state index contributed by atoms with van der Waals surface area (Å²) in [5.74, 6) is 0. The van der Waals surface area contributed by atoms with E-state index in [-0.39, 0.29) is 0 Å². The van der Waals surface area contributed by atoms with Crippen LogP contribution in [0.2, 0.25) is 0 Å². The second-order valence-electron chi connectivity index (χ2n) is 7.12. The van der Waals surface area contributed by atoms with Crippen LogP contribution in [0.4, 0.5) is 0 Å². The number of fused-ring (bicyclic) bond motifs is 3. The average Bonchev–Trinajstić information content (AvgIpc) is 3.09. The minimum Gasteiger partial charge on any atom is -0.0651 e. The fraction of sp³-hybridized carbons (Fsp3) is 0.115. The van der Waals surface area contributed by atoms with Gasteiger partial charge in [0.15, 0.2) is 0 Å². The van der Waals surface area contributed by atoms with Gasteiger partial charge in [-0.3, -0.25) is 0 Å². The molecule has 1 radical (unpaired) electrons. The van der Waals surface area contributed by atoms with E-state index in [9.17, 15) is 0 Å². The molecule has 1 aliphatic rings. The zero-order valence-corrected chi connectivity index (χ0v) is 15.0. The number of rotatable bonds is 3. The predicted molar refractivity (Wildman–Crippen MR) is 113 cm³/mol. The van der Waals surface area contributed by atoms with Crippen LogP contribution in [0.3, 0.4) is 0 Å². The molecule has 4 aromatic rings. The molecule has 0 saturated carbocycles. The van der Waals surface area contributed by atoms with E-state index in [1.165, 1.54) is 55.8 Å². The topological polar surface area (TPSA) is 0 Å². The lowest BCUT2D eigenvalue weighted by molar-refractivity contribution is 0.924. The Morgan fingerprint density at radius 3 is 2.12 bits per heavy atom. The lowest BCUT2D eigenvalue weighted by Crippen LogP contribution is -1.90. The summed E-state index contributed by atoms with van der Waals surface area (Å²) in [6.07, 6.45) is 7.08. The minimum atomic E-state index is 1.14. The average molecular weight is 333 g/mol. The van der Waals surface area contributed by atoms with Crippen molar-refractivity contribution in [3.05, 3.63) is 95.9 Å². The number of hydrogen-bond acceptors (Lipinski definition) is 0. The van der Waals surface area contributed by atoms with Gasteiger partial charge >= 0.3 is 0 Å². The summed E-state index contributed by atoms with van der Waals surface area (Å²) in [6, 6.07) is 26.5. The molecule has 0 heterocycles. The minimum absolute atomic E-state index is 1.14. The fourth-order valence-corrected chi connectivity index (χ4v) is 4.25. The highest BCUT2D eigenvalue weighted by Gasteiger charge is 2.19.